The van der Waals surface area contributed by atoms with Gasteiger partial charge < -0.3 is 16.0 Å². The zero-order valence-electron chi connectivity index (χ0n) is 9.21. The van der Waals surface area contributed by atoms with E-state index in [-0.39, 0.29) is 0 Å². The Hall–Kier alpha value is -0.120. The molecule has 14 heavy (non-hydrogen) atoms. The van der Waals surface area contributed by atoms with E-state index in [1.165, 1.54) is 38.9 Å². The van der Waals surface area contributed by atoms with Crippen LogP contribution in [0.3, 0.4) is 0 Å². The fourth-order valence-corrected chi connectivity index (χ4v) is 3.22. The Morgan fingerprint density at radius 2 is 2.29 bits per heavy atom. The van der Waals surface area contributed by atoms with Crippen molar-refractivity contribution in [2.75, 3.05) is 33.2 Å². The molecule has 0 bridgehead atoms. The van der Waals surface area contributed by atoms with E-state index in [9.17, 15) is 0 Å². The lowest BCUT2D eigenvalue weighted by atomic mass is 9.84. The van der Waals surface area contributed by atoms with E-state index in [0.717, 1.165) is 24.4 Å². The molecule has 3 unspecified atom stereocenters. The molecule has 2 heterocycles. The van der Waals surface area contributed by atoms with Crippen molar-refractivity contribution in [3.05, 3.63) is 0 Å². The van der Waals surface area contributed by atoms with Gasteiger partial charge in [0, 0.05) is 6.04 Å². The lowest BCUT2D eigenvalue weighted by Crippen LogP contribution is -2.45. The summed E-state index contributed by atoms with van der Waals surface area (Å²) in [6.45, 7) is 4.51. The van der Waals surface area contributed by atoms with Crippen LogP contribution in [0, 0.1) is 11.8 Å². The van der Waals surface area contributed by atoms with Crippen LogP contribution in [0.25, 0.3) is 0 Å². The van der Waals surface area contributed by atoms with Gasteiger partial charge in [-0.2, -0.15) is 0 Å². The van der Waals surface area contributed by atoms with E-state index in [2.05, 4.69) is 17.3 Å². The van der Waals surface area contributed by atoms with E-state index >= 15 is 0 Å². The molecule has 0 radical (unpaired) electrons. The third kappa shape index (κ3) is 1.95. The number of piperidine rings is 1. The number of hydrogen-bond acceptors (Lipinski definition) is 3. The number of likely N-dealkylation sites (tertiary alicyclic amines) is 1. The highest BCUT2D eigenvalue weighted by Crippen LogP contribution is 2.31. The second kappa shape index (κ2) is 4.60. The molecule has 2 aliphatic rings. The first-order valence-electron chi connectivity index (χ1n) is 5.94. The summed E-state index contributed by atoms with van der Waals surface area (Å²) in [5.74, 6) is 1.58. The van der Waals surface area contributed by atoms with E-state index < -0.39 is 0 Å². The number of hydrogen-bond donors (Lipinski definition) is 2. The predicted octanol–water partition coefficient (Wildman–Crippen LogP) is 0.265. The number of nitrogens with one attached hydrogen (secondary N) is 1. The molecule has 0 aliphatic carbocycles. The fraction of sp³-hybridized carbons (Fsp3) is 1.00. The fourth-order valence-electron chi connectivity index (χ4n) is 3.22. The van der Waals surface area contributed by atoms with Crippen LogP contribution in [-0.2, 0) is 0 Å². The number of nitrogens with zero attached hydrogens (tertiary/aromatic N) is 1. The zero-order chi connectivity index (χ0) is 9.97. The Kier molecular flexibility index (Phi) is 3.42. The summed E-state index contributed by atoms with van der Waals surface area (Å²) in [6.07, 6.45) is 4.03. The molecule has 2 rings (SSSR count). The van der Waals surface area contributed by atoms with Crippen LogP contribution < -0.4 is 11.1 Å². The average Bonchev–Trinajstić information content (AvgIpc) is 2.61. The minimum absolute atomic E-state index is 0.741. The van der Waals surface area contributed by atoms with E-state index in [0.29, 0.717) is 0 Å². The number of rotatable bonds is 2. The second-order valence-electron chi connectivity index (χ2n) is 4.86. The quantitative estimate of drug-likeness (QED) is 0.667. The SMILES string of the molecule is CN1CCC(CN)C1C1CCCNC1. The van der Waals surface area contributed by atoms with Crippen molar-refractivity contribution >= 4 is 0 Å². The van der Waals surface area contributed by atoms with Gasteiger partial charge in [0.05, 0.1) is 0 Å². The van der Waals surface area contributed by atoms with Crippen molar-refractivity contribution in [3.8, 4) is 0 Å². The summed E-state index contributed by atoms with van der Waals surface area (Å²) in [4.78, 5) is 2.52. The summed E-state index contributed by atoms with van der Waals surface area (Å²) >= 11 is 0. The van der Waals surface area contributed by atoms with Gasteiger partial charge in [-0.05, 0) is 64.3 Å². The summed E-state index contributed by atoms with van der Waals surface area (Å²) in [5.41, 5.74) is 5.85. The van der Waals surface area contributed by atoms with Crippen LogP contribution in [0.2, 0.25) is 0 Å². The molecule has 3 nitrogen and oxygen atoms in total. The van der Waals surface area contributed by atoms with E-state index in [4.69, 9.17) is 5.73 Å². The van der Waals surface area contributed by atoms with Crippen LogP contribution in [0.15, 0.2) is 0 Å². The van der Waals surface area contributed by atoms with Crippen molar-refractivity contribution in [1.82, 2.24) is 10.2 Å². The molecular formula is C11H23N3. The van der Waals surface area contributed by atoms with Crippen LogP contribution in [0.4, 0.5) is 0 Å². The number of nitrogens with two attached hydrogens (primary N) is 1. The Morgan fingerprint density at radius 3 is 2.93 bits per heavy atom. The van der Waals surface area contributed by atoms with Gasteiger partial charge in [0.2, 0.25) is 0 Å². The molecule has 2 fully saturated rings. The van der Waals surface area contributed by atoms with Crippen molar-refractivity contribution in [3.63, 3.8) is 0 Å². The molecule has 2 aliphatic heterocycles. The van der Waals surface area contributed by atoms with Gasteiger partial charge in [0.15, 0.2) is 0 Å². The van der Waals surface area contributed by atoms with E-state index in [1.807, 2.05) is 0 Å². The molecule has 0 amide bonds. The topological polar surface area (TPSA) is 41.3 Å². The summed E-state index contributed by atoms with van der Waals surface area (Å²) in [7, 11) is 2.26. The summed E-state index contributed by atoms with van der Waals surface area (Å²) in [6, 6.07) is 0.743. The first-order valence-corrected chi connectivity index (χ1v) is 5.94. The molecule has 0 saturated carbocycles. The molecule has 82 valence electrons. The van der Waals surface area contributed by atoms with Gasteiger partial charge in [-0.25, -0.2) is 0 Å². The predicted molar refractivity (Wildman–Crippen MR) is 59.2 cm³/mol. The Morgan fingerprint density at radius 1 is 1.43 bits per heavy atom. The average molecular weight is 197 g/mol. The Balaban J connectivity index is 1.98. The van der Waals surface area contributed by atoms with Crippen molar-refractivity contribution < 1.29 is 0 Å². The molecular weight excluding hydrogens is 174 g/mol. The molecule has 0 spiro atoms. The van der Waals surface area contributed by atoms with Crippen LogP contribution in [0.1, 0.15) is 19.3 Å². The smallest absolute Gasteiger partial charge is 0.0173 e. The first kappa shape index (κ1) is 10.4. The van der Waals surface area contributed by atoms with Gasteiger partial charge in [-0.3, -0.25) is 0 Å². The first-order chi connectivity index (χ1) is 6.83. The minimum atomic E-state index is 0.741. The Labute approximate surface area is 87.0 Å². The van der Waals surface area contributed by atoms with Crippen molar-refractivity contribution in [1.29, 1.82) is 0 Å². The molecule has 3 N–H and O–H groups in total. The van der Waals surface area contributed by atoms with Crippen LogP contribution in [-0.4, -0.2) is 44.2 Å². The monoisotopic (exact) mass is 197 g/mol. The third-order valence-electron chi connectivity index (χ3n) is 3.97. The van der Waals surface area contributed by atoms with Crippen molar-refractivity contribution in [2.24, 2.45) is 17.6 Å². The molecule has 2 saturated heterocycles. The highest BCUT2D eigenvalue weighted by atomic mass is 15.2. The molecule has 3 atom stereocenters. The highest BCUT2D eigenvalue weighted by molar-refractivity contribution is 4.92. The lowest BCUT2D eigenvalue weighted by Gasteiger charge is -2.35. The maximum absolute atomic E-state index is 5.85. The molecule has 0 aromatic heterocycles. The van der Waals surface area contributed by atoms with Gasteiger partial charge in [-0.1, -0.05) is 0 Å². The summed E-state index contributed by atoms with van der Waals surface area (Å²) < 4.78 is 0. The maximum atomic E-state index is 5.85. The zero-order valence-corrected chi connectivity index (χ0v) is 9.21. The summed E-state index contributed by atoms with van der Waals surface area (Å²) in [5, 5.41) is 3.51. The minimum Gasteiger partial charge on any atom is -0.330 e. The van der Waals surface area contributed by atoms with Crippen molar-refractivity contribution in [2.45, 2.75) is 25.3 Å². The third-order valence-corrected chi connectivity index (χ3v) is 3.97. The second-order valence-corrected chi connectivity index (χ2v) is 4.86. The Bertz CT molecular complexity index is 177. The van der Waals surface area contributed by atoms with Crippen LogP contribution in [0.5, 0.6) is 0 Å². The van der Waals surface area contributed by atoms with Gasteiger partial charge >= 0.3 is 0 Å². The molecule has 0 aromatic rings. The molecule has 0 aromatic carbocycles. The largest absolute Gasteiger partial charge is 0.330 e. The van der Waals surface area contributed by atoms with Crippen LogP contribution >= 0.6 is 0 Å². The standard InChI is InChI=1S/C11H23N3/c1-14-6-4-9(7-12)11(14)10-3-2-5-13-8-10/h9-11,13H,2-8,12H2,1H3. The van der Waals surface area contributed by atoms with Gasteiger partial charge in [0.1, 0.15) is 0 Å². The normalized spacial score (nSPS) is 40.3. The lowest BCUT2D eigenvalue weighted by molar-refractivity contribution is 0.164. The van der Waals surface area contributed by atoms with Gasteiger partial charge in [-0.15, -0.1) is 0 Å². The van der Waals surface area contributed by atoms with Gasteiger partial charge in [0.25, 0.3) is 0 Å². The highest BCUT2D eigenvalue weighted by Gasteiger charge is 2.36. The van der Waals surface area contributed by atoms with E-state index in [1.54, 1.807) is 0 Å². The maximum Gasteiger partial charge on any atom is 0.0173 e. The molecule has 3 heteroatoms.